The van der Waals surface area contributed by atoms with E-state index in [0.717, 1.165) is 0 Å². The van der Waals surface area contributed by atoms with Crippen molar-refractivity contribution in [3.63, 3.8) is 0 Å². The molecule has 0 saturated carbocycles. The molecular weight excluding hydrogens is 689 g/mol. The molecule has 0 saturated heterocycles. The molecule has 0 unspecified atom stereocenters. The SMILES string of the molecule is CN[NH][Ge]([c]1c(-c2c(C)cc(C)cc2C)cccc1-c1c(C)cc(C)cc1C)[c]1c(-c2c(C)cc(C)cc2C)cccc1-c1c(C)cc(C)cc1C. The zero-order chi connectivity index (χ0) is 37.6. The van der Waals surface area contributed by atoms with Crippen molar-refractivity contribution in [3.05, 3.63) is 152 Å². The van der Waals surface area contributed by atoms with Gasteiger partial charge >= 0.3 is 320 Å². The molecule has 2 nitrogen and oxygen atoms in total. The molecule has 0 fully saturated rings. The molecule has 0 heterocycles. The molecule has 0 bridgehead atoms. The predicted molar refractivity (Wildman–Crippen MR) is 229 cm³/mol. The number of hydrogen-bond donors (Lipinski definition) is 2. The summed E-state index contributed by atoms with van der Waals surface area (Å²) < 4.78 is 6.96. The first-order chi connectivity index (χ1) is 24.7. The third-order valence-electron chi connectivity index (χ3n) is 10.7. The molecule has 3 heteroatoms. The maximum absolute atomic E-state index is 4.07. The Hall–Kier alpha value is -4.22. The summed E-state index contributed by atoms with van der Waals surface area (Å²) in [7, 11) is 2.05. The molecule has 52 heavy (non-hydrogen) atoms. The molecule has 0 aliphatic rings. The zero-order valence-electron chi connectivity index (χ0n) is 33.6. The number of rotatable bonds is 8. The number of nitrogens with one attached hydrogen (secondary N) is 2. The molecule has 265 valence electrons. The molecule has 0 atom stereocenters. The second-order valence-electron chi connectivity index (χ2n) is 15.3. The molecule has 6 rings (SSSR count). The Bertz CT molecular complexity index is 1940. The van der Waals surface area contributed by atoms with Gasteiger partial charge in [-0.25, -0.2) is 0 Å². The fraction of sp³-hybridized carbons (Fsp3) is 0.265. The second kappa shape index (κ2) is 15.0. The normalized spacial score (nSPS) is 11.5. The van der Waals surface area contributed by atoms with Crippen molar-refractivity contribution in [2.24, 2.45) is 0 Å². The van der Waals surface area contributed by atoms with Gasteiger partial charge in [0.2, 0.25) is 0 Å². The first-order valence-corrected chi connectivity index (χ1v) is 21.8. The van der Waals surface area contributed by atoms with Crippen molar-refractivity contribution in [3.8, 4) is 44.5 Å². The third-order valence-corrected chi connectivity index (χ3v) is 16.1. The van der Waals surface area contributed by atoms with E-state index in [1.807, 2.05) is 7.05 Å². The molecular formula is C49H55GeN2. The van der Waals surface area contributed by atoms with Crippen molar-refractivity contribution in [2.45, 2.75) is 83.1 Å². The Labute approximate surface area is 318 Å². The quantitative estimate of drug-likeness (QED) is 0.120. The van der Waals surface area contributed by atoms with Crippen molar-refractivity contribution >= 4 is 23.4 Å². The Balaban J connectivity index is 1.85. The van der Waals surface area contributed by atoms with Crippen molar-refractivity contribution in [1.82, 2.24) is 9.81 Å². The van der Waals surface area contributed by atoms with E-state index in [0.29, 0.717) is 0 Å². The van der Waals surface area contributed by atoms with Crippen LogP contribution in [0.5, 0.6) is 0 Å². The van der Waals surface area contributed by atoms with E-state index >= 15 is 0 Å². The van der Waals surface area contributed by atoms with E-state index < -0.39 is 14.6 Å². The fourth-order valence-electron chi connectivity index (χ4n) is 9.27. The van der Waals surface area contributed by atoms with Gasteiger partial charge in [0.1, 0.15) is 0 Å². The van der Waals surface area contributed by atoms with Crippen LogP contribution in [0.15, 0.2) is 84.9 Å². The van der Waals surface area contributed by atoms with Crippen molar-refractivity contribution in [1.29, 1.82) is 0 Å². The van der Waals surface area contributed by atoms with Crippen LogP contribution in [0.2, 0.25) is 0 Å². The summed E-state index contributed by atoms with van der Waals surface area (Å²) in [5.41, 5.74) is 30.0. The van der Waals surface area contributed by atoms with Crippen LogP contribution in [0.4, 0.5) is 0 Å². The zero-order valence-corrected chi connectivity index (χ0v) is 35.7. The van der Waals surface area contributed by atoms with E-state index in [1.165, 1.54) is 120 Å². The molecule has 0 aliphatic heterocycles. The van der Waals surface area contributed by atoms with Gasteiger partial charge in [-0.3, -0.25) is 0 Å². The Morgan fingerprint density at radius 3 is 0.750 bits per heavy atom. The number of benzene rings is 6. The van der Waals surface area contributed by atoms with Crippen LogP contribution in [0, 0.1) is 83.1 Å². The van der Waals surface area contributed by atoms with Gasteiger partial charge in [0.25, 0.3) is 0 Å². The second-order valence-corrected chi connectivity index (χ2v) is 19.5. The van der Waals surface area contributed by atoms with E-state index in [-0.39, 0.29) is 0 Å². The van der Waals surface area contributed by atoms with Crippen LogP contribution >= 0.6 is 0 Å². The summed E-state index contributed by atoms with van der Waals surface area (Å²) in [6, 6.07) is 32.9. The monoisotopic (exact) mass is 745 g/mol. The summed E-state index contributed by atoms with van der Waals surface area (Å²) >= 11 is -2.79. The summed E-state index contributed by atoms with van der Waals surface area (Å²) in [6.45, 7) is 27.2. The van der Waals surface area contributed by atoms with Gasteiger partial charge in [0.15, 0.2) is 0 Å². The van der Waals surface area contributed by atoms with E-state index in [2.05, 4.69) is 178 Å². The average Bonchev–Trinajstić information content (AvgIpc) is 3.02. The van der Waals surface area contributed by atoms with Gasteiger partial charge in [-0.15, -0.1) is 0 Å². The van der Waals surface area contributed by atoms with Gasteiger partial charge in [0, 0.05) is 0 Å². The summed E-state index contributed by atoms with van der Waals surface area (Å²) in [6.07, 6.45) is 0. The summed E-state index contributed by atoms with van der Waals surface area (Å²) in [5, 5.41) is 0. The van der Waals surface area contributed by atoms with Crippen LogP contribution in [-0.4, -0.2) is 21.6 Å². The molecule has 1 radical (unpaired) electrons. The summed E-state index contributed by atoms with van der Waals surface area (Å²) in [5.74, 6) is 0. The van der Waals surface area contributed by atoms with Crippen LogP contribution in [0.1, 0.15) is 66.8 Å². The van der Waals surface area contributed by atoms with Gasteiger partial charge < -0.3 is 0 Å². The molecule has 6 aromatic rings. The Morgan fingerprint density at radius 2 is 0.558 bits per heavy atom. The van der Waals surface area contributed by atoms with Crippen molar-refractivity contribution in [2.75, 3.05) is 7.05 Å². The number of hydrogen-bond acceptors (Lipinski definition) is 2. The first kappa shape index (κ1) is 37.5. The molecule has 6 aromatic carbocycles. The van der Waals surface area contributed by atoms with Gasteiger partial charge in [0.05, 0.1) is 0 Å². The molecule has 0 aromatic heterocycles. The summed E-state index contributed by atoms with van der Waals surface area (Å²) in [4.78, 5) is 0. The van der Waals surface area contributed by atoms with E-state index in [4.69, 9.17) is 0 Å². The average molecular weight is 745 g/mol. The van der Waals surface area contributed by atoms with Crippen molar-refractivity contribution < 1.29 is 0 Å². The van der Waals surface area contributed by atoms with Crippen LogP contribution in [-0.2, 0) is 0 Å². The Kier molecular flexibility index (Phi) is 10.8. The van der Waals surface area contributed by atoms with Crippen LogP contribution in [0.25, 0.3) is 44.5 Å². The van der Waals surface area contributed by atoms with Gasteiger partial charge in [-0.2, -0.15) is 0 Å². The first-order valence-electron chi connectivity index (χ1n) is 18.6. The standard InChI is InChI=1S/C49H55GeN2/c1-28-20-32(5)44(33(6)21-28)40-16-14-17-41(45-34(7)22-29(2)23-35(45)8)48(40)50(52-51-13)49-42(46-36(9)24-30(3)25-37(46)10)18-15-19-43(49)47-38(11)26-31(4)27-39(47)12/h14-27,51-52H,1-13H3. The van der Waals surface area contributed by atoms with Gasteiger partial charge in [-0.05, 0) is 0 Å². The Morgan fingerprint density at radius 1 is 0.346 bits per heavy atom. The molecule has 0 amide bonds. The topological polar surface area (TPSA) is 24.1 Å². The maximum atomic E-state index is 4.07. The number of hydrazine groups is 1. The van der Waals surface area contributed by atoms with E-state index in [1.54, 1.807) is 0 Å². The minimum absolute atomic E-state index is 1.30. The fourth-order valence-corrected chi connectivity index (χ4v) is 14.9. The predicted octanol–water partition coefficient (Wildman–Crippen LogP) is 10.9. The van der Waals surface area contributed by atoms with Crippen LogP contribution < -0.4 is 18.6 Å². The van der Waals surface area contributed by atoms with Gasteiger partial charge in [-0.1, -0.05) is 0 Å². The number of aryl methyl sites for hydroxylation is 12. The third kappa shape index (κ3) is 6.97. The van der Waals surface area contributed by atoms with E-state index in [9.17, 15) is 0 Å². The molecule has 2 N–H and O–H groups in total. The van der Waals surface area contributed by atoms with Crippen LogP contribution in [0.3, 0.4) is 0 Å². The minimum atomic E-state index is -2.79. The molecule has 0 aliphatic carbocycles. The molecule has 0 spiro atoms.